The highest BCUT2D eigenvalue weighted by molar-refractivity contribution is 7.99. The van der Waals surface area contributed by atoms with Crippen molar-refractivity contribution in [3.05, 3.63) is 0 Å². The topological polar surface area (TPSA) is 12.0 Å². The molecule has 0 fully saturated rings. The molecule has 1 nitrogen and oxygen atoms in total. The quantitative estimate of drug-likeness (QED) is 0.227. The minimum atomic E-state index is 0.671. The number of hydrogen-bond acceptors (Lipinski definition) is 3. The molecule has 0 saturated heterocycles. The third-order valence-corrected chi connectivity index (χ3v) is 6.77. The smallest absolute Gasteiger partial charge is 0.0130 e. The molecule has 146 valence electrons. The summed E-state index contributed by atoms with van der Waals surface area (Å²) < 4.78 is 0. The van der Waals surface area contributed by atoms with Crippen LogP contribution in [0.15, 0.2) is 0 Å². The summed E-state index contributed by atoms with van der Waals surface area (Å²) in [7, 11) is 0. The lowest BCUT2D eigenvalue weighted by atomic mass is 10.1. The van der Waals surface area contributed by atoms with Crippen LogP contribution in [0.1, 0.15) is 97.8 Å². The maximum atomic E-state index is 3.68. The molecule has 0 aromatic rings. The number of nitrogens with one attached hydrogen (secondary N) is 1. The Bertz CT molecular complexity index is 224. The maximum absolute atomic E-state index is 3.68. The molecule has 1 N–H and O–H groups in total. The Morgan fingerprint density at radius 1 is 0.625 bits per heavy atom. The van der Waals surface area contributed by atoms with Gasteiger partial charge in [0.25, 0.3) is 0 Å². The molecule has 1 atom stereocenters. The molecule has 0 rings (SSSR count). The van der Waals surface area contributed by atoms with Crippen LogP contribution in [0, 0.1) is 0 Å². The molecule has 3 heteroatoms. The Kier molecular flexibility index (Phi) is 22.3. The van der Waals surface area contributed by atoms with Crippen molar-refractivity contribution in [2.24, 2.45) is 0 Å². The van der Waals surface area contributed by atoms with Gasteiger partial charge in [-0.2, -0.15) is 23.5 Å². The van der Waals surface area contributed by atoms with Crippen LogP contribution in [0.5, 0.6) is 0 Å². The van der Waals surface area contributed by atoms with Crippen molar-refractivity contribution in [1.29, 1.82) is 0 Å². The molecule has 24 heavy (non-hydrogen) atoms. The van der Waals surface area contributed by atoms with Crippen LogP contribution in [0.2, 0.25) is 0 Å². The van der Waals surface area contributed by atoms with Crippen LogP contribution in [0.3, 0.4) is 0 Å². The largest absolute Gasteiger partial charge is 0.313 e. The van der Waals surface area contributed by atoms with Gasteiger partial charge in [-0.1, -0.05) is 78.1 Å². The Labute approximate surface area is 162 Å². The monoisotopic (exact) mass is 375 g/mol. The molecule has 1 unspecified atom stereocenters. The lowest BCUT2D eigenvalue weighted by Crippen LogP contribution is -2.30. The van der Waals surface area contributed by atoms with E-state index in [-0.39, 0.29) is 0 Å². The number of unbranched alkanes of at least 4 members (excludes halogenated alkanes) is 10. The standard InChI is InChI=1S/C21H45NS2/c1-4-6-8-10-12-14-17-23-19-16-22-21(3)20-24-18-15-13-11-9-7-5-2/h21-22H,4-20H2,1-3H3. The highest BCUT2D eigenvalue weighted by Crippen LogP contribution is 2.11. The van der Waals surface area contributed by atoms with Crippen LogP contribution in [0.25, 0.3) is 0 Å². The van der Waals surface area contributed by atoms with Crippen LogP contribution in [0.4, 0.5) is 0 Å². The molecular formula is C21H45NS2. The van der Waals surface area contributed by atoms with Crippen LogP contribution < -0.4 is 5.32 Å². The first-order valence-corrected chi connectivity index (χ1v) is 13.0. The molecule has 0 aliphatic carbocycles. The number of thioether (sulfide) groups is 2. The number of rotatable bonds is 20. The Hall–Kier alpha value is 0.660. The van der Waals surface area contributed by atoms with E-state index in [1.807, 2.05) is 0 Å². The van der Waals surface area contributed by atoms with Gasteiger partial charge in [0.2, 0.25) is 0 Å². The molecule has 0 bridgehead atoms. The molecule has 0 aliphatic rings. The fraction of sp³-hybridized carbons (Fsp3) is 1.00. The van der Waals surface area contributed by atoms with E-state index in [1.54, 1.807) is 0 Å². The van der Waals surface area contributed by atoms with E-state index in [0.29, 0.717) is 6.04 Å². The van der Waals surface area contributed by atoms with Crippen molar-refractivity contribution in [3.8, 4) is 0 Å². The molecule has 0 spiro atoms. The summed E-state index contributed by atoms with van der Waals surface area (Å²) >= 11 is 4.27. The van der Waals surface area contributed by atoms with Crippen molar-refractivity contribution in [1.82, 2.24) is 5.32 Å². The average molecular weight is 376 g/mol. The fourth-order valence-electron chi connectivity index (χ4n) is 2.77. The van der Waals surface area contributed by atoms with E-state index in [9.17, 15) is 0 Å². The highest BCUT2D eigenvalue weighted by atomic mass is 32.2. The van der Waals surface area contributed by atoms with Gasteiger partial charge in [0.15, 0.2) is 0 Å². The van der Waals surface area contributed by atoms with E-state index in [2.05, 4.69) is 49.6 Å². The summed E-state index contributed by atoms with van der Waals surface area (Å²) in [5, 5.41) is 3.68. The van der Waals surface area contributed by atoms with E-state index in [4.69, 9.17) is 0 Å². The van der Waals surface area contributed by atoms with Crippen LogP contribution in [-0.4, -0.2) is 35.6 Å². The van der Waals surface area contributed by atoms with E-state index in [0.717, 1.165) is 0 Å². The summed E-state index contributed by atoms with van der Waals surface area (Å²) in [4.78, 5) is 0. The highest BCUT2D eigenvalue weighted by Gasteiger charge is 2.01. The van der Waals surface area contributed by atoms with Crippen molar-refractivity contribution in [2.75, 3.05) is 29.6 Å². The minimum absolute atomic E-state index is 0.671. The van der Waals surface area contributed by atoms with Crippen molar-refractivity contribution in [3.63, 3.8) is 0 Å². The summed E-state index contributed by atoms with van der Waals surface area (Å²) in [6.45, 7) is 8.10. The summed E-state index contributed by atoms with van der Waals surface area (Å²) in [6.07, 6.45) is 17.0. The SMILES string of the molecule is CCCCCCCCSCCNC(C)CSCCCCCCCC. The van der Waals surface area contributed by atoms with Gasteiger partial charge >= 0.3 is 0 Å². The van der Waals surface area contributed by atoms with Crippen LogP contribution >= 0.6 is 23.5 Å². The molecule has 0 aromatic heterocycles. The minimum Gasteiger partial charge on any atom is -0.313 e. The zero-order chi connectivity index (χ0) is 17.7. The second-order valence-electron chi connectivity index (χ2n) is 7.08. The van der Waals surface area contributed by atoms with Gasteiger partial charge in [-0.15, -0.1) is 0 Å². The fourth-order valence-corrected chi connectivity index (χ4v) is 4.69. The van der Waals surface area contributed by atoms with Gasteiger partial charge in [0.1, 0.15) is 0 Å². The van der Waals surface area contributed by atoms with Crippen LogP contribution in [-0.2, 0) is 0 Å². The lowest BCUT2D eigenvalue weighted by molar-refractivity contribution is 0.618. The number of hydrogen-bond donors (Lipinski definition) is 1. The normalized spacial score (nSPS) is 12.6. The van der Waals surface area contributed by atoms with Crippen molar-refractivity contribution < 1.29 is 0 Å². The van der Waals surface area contributed by atoms with Gasteiger partial charge in [0.05, 0.1) is 0 Å². The average Bonchev–Trinajstić information content (AvgIpc) is 2.59. The second kappa shape index (κ2) is 21.7. The third kappa shape index (κ3) is 20.7. The summed E-state index contributed by atoms with van der Waals surface area (Å²) in [5.74, 6) is 5.26. The zero-order valence-corrected chi connectivity index (χ0v) is 18.5. The van der Waals surface area contributed by atoms with Gasteiger partial charge in [0, 0.05) is 24.1 Å². The van der Waals surface area contributed by atoms with Gasteiger partial charge in [-0.3, -0.25) is 0 Å². The Morgan fingerprint density at radius 3 is 1.71 bits per heavy atom. The molecule has 0 aromatic carbocycles. The first-order valence-electron chi connectivity index (χ1n) is 10.7. The summed E-state index contributed by atoms with van der Waals surface area (Å²) in [6, 6.07) is 0.671. The second-order valence-corrected chi connectivity index (χ2v) is 9.45. The Morgan fingerprint density at radius 2 is 1.12 bits per heavy atom. The van der Waals surface area contributed by atoms with E-state index < -0.39 is 0 Å². The van der Waals surface area contributed by atoms with E-state index in [1.165, 1.54) is 107 Å². The van der Waals surface area contributed by atoms with Gasteiger partial charge < -0.3 is 5.32 Å². The predicted molar refractivity (Wildman–Crippen MR) is 119 cm³/mol. The molecule has 0 heterocycles. The van der Waals surface area contributed by atoms with E-state index >= 15 is 0 Å². The lowest BCUT2D eigenvalue weighted by Gasteiger charge is -2.13. The molecular weight excluding hydrogens is 330 g/mol. The molecule has 0 aliphatic heterocycles. The zero-order valence-electron chi connectivity index (χ0n) is 16.9. The van der Waals surface area contributed by atoms with Crippen molar-refractivity contribution >= 4 is 23.5 Å². The predicted octanol–water partition coefficient (Wildman–Crippen LogP) is 7.15. The molecule has 0 amide bonds. The molecule has 0 saturated carbocycles. The first-order chi connectivity index (χ1) is 11.8. The van der Waals surface area contributed by atoms with Gasteiger partial charge in [-0.25, -0.2) is 0 Å². The first kappa shape index (κ1) is 24.7. The Balaban J connectivity index is 3.11. The maximum Gasteiger partial charge on any atom is 0.0130 e. The summed E-state index contributed by atoms with van der Waals surface area (Å²) in [5.41, 5.74) is 0. The van der Waals surface area contributed by atoms with Gasteiger partial charge in [-0.05, 0) is 31.3 Å². The van der Waals surface area contributed by atoms with Crippen molar-refractivity contribution in [2.45, 2.75) is 104 Å². The third-order valence-electron chi connectivity index (χ3n) is 4.39. The molecule has 0 radical (unpaired) electrons.